The molecule has 3 heterocycles. The lowest BCUT2D eigenvalue weighted by molar-refractivity contribution is 0.163. The number of hydrogen-bond acceptors (Lipinski definition) is 4. The van der Waals surface area contributed by atoms with Crippen LogP contribution in [-0.2, 0) is 13.0 Å². The van der Waals surface area contributed by atoms with Crippen LogP contribution in [0.4, 0.5) is 0 Å². The molecule has 2 atom stereocenters. The Labute approximate surface area is 130 Å². The molecular formula is C14H17BrN2S2. The molecule has 1 aliphatic rings. The number of rotatable bonds is 3. The van der Waals surface area contributed by atoms with E-state index in [1.165, 1.54) is 10.4 Å². The molecule has 1 aliphatic heterocycles. The Kier molecular flexibility index (Phi) is 4.10. The summed E-state index contributed by atoms with van der Waals surface area (Å²) >= 11 is 7.23. The molecular weight excluding hydrogens is 340 g/mol. The van der Waals surface area contributed by atoms with Crippen molar-refractivity contribution in [3.63, 3.8) is 0 Å². The van der Waals surface area contributed by atoms with Crippen LogP contribution in [0, 0.1) is 0 Å². The van der Waals surface area contributed by atoms with E-state index in [1.54, 1.807) is 16.2 Å². The molecule has 2 nitrogen and oxygen atoms in total. The van der Waals surface area contributed by atoms with E-state index in [2.05, 4.69) is 50.6 Å². The van der Waals surface area contributed by atoms with Gasteiger partial charge in [-0.3, -0.25) is 4.90 Å². The predicted octanol–water partition coefficient (Wildman–Crippen LogP) is 4.02. The van der Waals surface area contributed by atoms with Gasteiger partial charge >= 0.3 is 0 Å². The number of nitrogens with two attached hydrogens (primary N) is 1. The molecule has 102 valence electrons. The summed E-state index contributed by atoms with van der Waals surface area (Å²) in [6.07, 6.45) is 1.16. The molecule has 2 aromatic heterocycles. The average Bonchev–Trinajstić information content (AvgIpc) is 2.97. The minimum absolute atomic E-state index is 0.144. The van der Waals surface area contributed by atoms with Crippen molar-refractivity contribution in [2.45, 2.75) is 32.0 Å². The normalized spacial score (nSPS) is 19.1. The Balaban J connectivity index is 1.86. The third-order valence-corrected chi connectivity index (χ3v) is 6.40. The molecule has 0 saturated carbocycles. The lowest BCUT2D eigenvalue weighted by Crippen LogP contribution is -2.41. The van der Waals surface area contributed by atoms with Crippen LogP contribution >= 0.6 is 38.6 Å². The number of halogens is 1. The quantitative estimate of drug-likeness (QED) is 0.899. The number of fused-ring (bicyclic) bond motifs is 1. The van der Waals surface area contributed by atoms with E-state index in [9.17, 15) is 0 Å². The van der Waals surface area contributed by atoms with Gasteiger partial charge < -0.3 is 5.73 Å². The molecule has 2 unspecified atom stereocenters. The van der Waals surface area contributed by atoms with Gasteiger partial charge in [-0.25, -0.2) is 0 Å². The van der Waals surface area contributed by atoms with Gasteiger partial charge in [-0.05, 0) is 52.4 Å². The van der Waals surface area contributed by atoms with Crippen LogP contribution in [0.25, 0.3) is 0 Å². The predicted molar refractivity (Wildman–Crippen MR) is 86.8 cm³/mol. The molecule has 0 radical (unpaired) electrons. The van der Waals surface area contributed by atoms with Crippen LogP contribution in [-0.4, -0.2) is 17.5 Å². The number of nitrogens with zero attached hydrogens (tertiary/aromatic N) is 1. The van der Waals surface area contributed by atoms with Gasteiger partial charge in [0.05, 0.1) is 6.04 Å². The van der Waals surface area contributed by atoms with Crippen molar-refractivity contribution in [1.82, 2.24) is 4.90 Å². The molecule has 3 rings (SSSR count). The van der Waals surface area contributed by atoms with E-state index in [-0.39, 0.29) is 6.04 Å². The first kappa shape index (κ1) is 13.8. The standard InChI is InChI=1S/C14H17BrN2S2/c1-9(16)14(13-6-11(15)8-19-13)17-4-2-12-10(7-17)3-5-18-12/h3,5-6,8-9,14H,2,4,7,16H2,1H3. The van der Waals surface area contributed by atoms with Gasteiger partial charge in [0.1, 0.15) is 0 Å². The number of hydrogen-bond donors (Lipinski definition) is 1. The molecule has 0 aromatic carbocycles. The van der Waals surface area contributed by atoms with Gasteiger partial charge in [0, 0.05) is 38.7 Å². The van der Waals surface area contributed by atoms with Crippen LogP contribution < -0.4 is 5.73 Å². The molecule has 2 aromatic rings. The van der Waals surface area contributed by atoms with Gasteiger partial charge in [0.15, 0.2) is 0 Å². The van der Waals surface area contributed by atoms with Crippen molar-refractivity contribution in [3.05, 3.63) is 42.7 Å². The van der Waals surface area contributed by atoms with E-state index in [0.29, 0.717) is 6.04 Å². The van der Waals surface area contributed by atoms with Crippen LogP contribution in [0.2, 0.25) is 0 Å². The minimum atomic E-state index is 0.144. The van der Waals surface area contributed by atoms with Crippen molar-refractivity contribution in [2.75, 3.05) is 6.54 Å². The Hall–Kier alpha value is -0.200. The highest BCUT2D eigenvalue weighted by Crippen LogP contribution is 2.35. The van der Waals surface area contributed by atoms with Crippen molar-refractivity contribution in [2.24, 2.45) is 5.73 Å². The van der Waals surface area contributed by atoms with Crippen molar-refractivity contribution >= 4 is 38.6 Å². The molecule has 0 amide bonds. The fourth-order valence-electron chi connectivity index (χ4n) is 2.76. The van der Waals surface area contributed by atoms with Crippen molar-refractivity contribution < 1.29 is 0 Å². The van der Waals surface area contributed by atoms with Crippen LogP contribution in [0.15, 0.2) is 27.4 Å². The Morgan fingerprint density at radius 2 is 2.26 bits per heavy atom. The SMILES string of the molecule is CC(N)C(c1cc(Br)cs1)N1CCc2sccc2C1. The second-order valence-electron chi connectivity index (χ2n) is 5.06. The fourth-order valence-corrected chi connectivity index (χ4v) is 5.35. The Morgan fingerprint density at radius 1 is 1.42 bits per heavy atom. The summed E-state index contributed by atoms with van der Waals surface area (Å²) in [6.45, 7) is 4.25. The topological polar surface area (TPSA) is 29.3 Å². The largest absolute Gasteiger partial charge is 0.326 e. The molecule has 0 spiro atoms. The maximum absolute atomic E-state index is 6.26. The maximum atomic E-state index is 6.26. The highest BCUT2D eigenvalue weighted by molar-refractivity contribution is 9.10. The van der Waals surface area contributed by atoms with Crippen LogP contribution in [0.3, 0.4) is 0 Å². The lowest BCUT2D eigenvalue weighted by Gasteiger charge is -2.36. The minimum Gasteiger partial charge on any atom is -0.326 e. The zero-order valence-corrected chi connectivity index (χ0v) is 14.0. The van der Waals surface area contributed by atoms with E-state index < -0.39 is 0 Å². The van der Waals surface area contributed by atoms with E-state index in [1.807, 2.05) is 11.3 Å². The second-order valence-corrected chi connectivity index (χ2v) is 7.92. The summed E-state index contributed by atoms with van der Waals surface area (Å²) in [7, 11) is 0. The first-order valence-corrected chi connectivity index (χ1v) is 8.99. The first-order chi connectivity index (χ1) is 9.15. The van der Waals surface area contributed by atoms with Crippen molar-refractivity contribution in [1.29, 1.82) is 0 Å². The summed E-state index contributed by atoms with van der Waals surface area (Å²) in [6, 6.07) is 4.94. The van der Waals surface area contributed by atoms with E-state index in [0.717, 1.165) is 24.0 Å². The zero-order valence-electron chi connectivity index (χ0n) is 10.8. The highest BCUT2D eigenvalue weighted by Gasteiger charge is 2.28. The first-order valence-electron chi connectivity index (χ1n) is 6.44. The van der Waals surface area contributed by atoms with E-state index >= 15 is 0 Å². The monoisotopic (exact) mass is 356 g/mol. The zero-order chi connectivity index (χ0) is 13.4. The van der Waals surface area contributed by atoms with Gasteiger partial charge in [-0.1, -0.05) is 0 Å². The smallest absolute Gasteiger partial charge is 0.0594 e. The van der Waals surface area contributed by atoms with Gasteiger partial charge in [-0.15, -0.1) is 22.7 Å². The Bertz CT molecular complexity index is 561. The van der Waals surface area contributed by atoms with Crippen LogP contribution in [0.5, 0.6) is 0 Å². The average molecular weight is 357 g/mol. The van der Waals surface area contributed by atoms with Crippen molar-refractivity contribution in [3.8, 4) is 0 Å². The van der Waals surface area contributed by atoms with Gasteiger partial charge in [0.2, 0.25) is 0 Å². The summed E-state index contributed by atoms with van der Waals surface area (Å²) in [4.78, 5) is 5.44. The van der Waals surface area contributed by atoms with Crippen LogP contribution in [0.1, 0.15) is 28.3 Å². The summed E-state index contributed by atoms with van der Waals surface area (Å²) < 4.78 is 1.16. The second kappa shape index (κ2) is 5.66. The molecule has 19 heavy (non-hydrogen) atoms. The van der Waals surface area contributed by atoms with Gasteiger partial charge in [-0.2, -0.15) is 0 Å². The third kappa shape index (κ3) is 2.81. The van der Waals surface area contributed by atoms with Gasteiger partial charge in [0.25, 0.3) is 0 Å². The molecule has 0 saturated heterocycles. The molecule has 5 heteroatoms. The lowest BCUT2D eigenvalue weighted by atomic mass is 10.0. The maximum Gasteiger partial charge on any atom is 0.0594 e. The molecule has 0 bridgehead atoms. The third-order valence-electron chi connectivity index (χ3n) is 3.61. The fraction of sp³-hybridized carbons (Fsp3) is 0.429. The number of thiophene rings is 2. The summed E-state index contributed by atoms with van der Waals surface area (Å²) in [5, 5.41) is 4.35. The summed E-state index contributed by atoms with van der Waals surface area (Å²) in [5.41, 5.74) is 7.74. The summed E-state index contributed by atoms with van der Waals surface area (Å²) in [5.74, 6) is 0. The molecule has 0 fully saturated rings. The highest BCUT2D eigenvalue weighted by atomic mass is 79.9. The molecule has 0 aliphatic carbocycles. The molecule has 2 N–H and O–H groups in total. The van der Waals surface area contributed by atoms with E-state index in [4.69, 9.17) is 5.73 Å². The Morgan fingerprint density at radius 3 is 2.95 bits per heavy atom.